The molecule has 8 nitrogen and oxygen atoms in total. The van der Waals surface area contributed by atoms with Crippen LogP contribution in [0.1, 0.15) is 32.6 Å². The van der Waals surface area contributed by atoms with Crippen LogP contribution in [0.3, 0.4) is 0 Å². The predicted molar refractivity (Wildman–Crippen MR) is 131 cm³/mol. The lowest BCUT2D eigenvalue weighted by atomic mass is 10.1. The Kier molecular flexibility index (Phi) is 5.88. The third kappa shape index (κ3) is 4.71. The third-order valence-corrected chi connectivity index (χ3v) is 5.81. The number of nitrogens with one attached hydrogen (secondary N) is 1. The summed E-state index contributed by atoms with van der Waals surface area (Å²) >= 11 is 0. The summed E-state index contributed by atoms with van der Waals surface area (Å²) in [4.78, 5) is 16.0. The first-order valence-electron chi connectivity index (χ1n) is 11.5. The highest BCUT2D eigenvalue weighted by molar-refractivity contribution is 6.01. The second kappa shape index (κ2) is 9.13. The third-order valence-electron chi connectivity index (χ3n) is 5.81. The molecule has 4 aromatic rings. The molecule has 2 aromatic carbocycles. The van der Waals surface area contributed by atoms with Gasteiger partial charge in [-0.2, -0.15) is 0 Å². The zero-order valence-electron chi connectivity index (χ0n) is 19.3. The Hall–Kier alpha value is -3.94. The second-order valence-electron chi connectivity index (χ2n) is 8.87. The smallest absolute Gasteiger partial charge is 0.411 e. The molecular weight excluding hydrogens is 432 g/mol. The van der Waals surface area contributed by atoms with E-state index in [0.717, 1.165) is 40.1 Å². The molecule has 1 amide bonds. The minimum atomic E-state index is -0.470. The molecule has 3 N–H and O–H groups in total. The molecule has 34 heavy (non-hydrogen) atoms. The summed E-state index contributed by atoms with van der Waals surface area (Å²) in [6, 6.07) is 13.6. The number of benzene rings is 2. The maximum absolute atomic E-state index is 11.9. The van der Waals surface area contributed by atoms with Crippen molar-refractivity contribution < 1.29 is 18.7 Å². The Balaban J connectivity index is 1.46. The van der Waals surface area contributed by atoms with Gasteiger partial charge in [0.25, 0.3) is 0 Å². The van der Waals surface area contributed by atoms with Crippen LogP contribution in [0.15, 0.2) is 59.3 Å². The molecule has 1 aliphatic carbocycles. The molecule has 0 atom stereocenters. The number of oxazole rings is 1. The van der Waals surface area contributed by atoms with Crippen molar-refractivity contribution in [2.75, 3.05) is 11.1 Å². The van der Waals surface area contributed by atoms with E-state index in [-0.39, 0.29) is 12.7 Å². The number of hydrogen-bond donors (Lipinski definition) is 2. The van der Waals surface area contributed by atoms with Crippen LogP contribution in [0, 0.1) is 5.92 Å². The average Bonchev–Trinajstić information content (AvgIpc) is 3.39. The number of fused-ring (bicyclic) bond motifs is 1. The van der Waals surface area contributed by atoms with E-state index < -0.39 is 6.09 Å². The minimum Gasteiger partial charge on any atom is -0.484 e. The second-order valence-corrected chi connectivity index (χ2v) is 8.87. The van der Waals surface area contributed by atoms with Crippen molar-refractivity contribution in [3.05, 3.63) is 60.8 Å². The van der Waals surface area contributed by atoms with E-state index in [2.05, 4.69) is 14.9 Å². The minimum absolute atomic E-state index is 0.179. The van der Waals surface area contributed by atoms with Crippen LogP contribution in [-0.2, 0) is 17.9 Å². The van der Waals surface area contributed by atoms with Crippen LogP contribution in [0.5, 0.6) is 5.75 Å². The molecule has 2 heterocycles. The Morgan fingerprint density at radius 3 is 2.71 bits per heavy atom. The van der Waals surface area contributed by atoms with Gasteiger partial charge in [-0.25, -0.2) is 9.78 Å². The average molecular weight is 461 g/mol. The van der Waals surface area contributed by atoms with Gasteiger partial charge >= 0.3 is 6.09 Å². The van der Waals surface area contributed by atoms with Gasteiger partial charge in [0.1, 0.15) is 12.0 Å². The number of aromatic nitrogens is 2. The molecule has 0 spiro atoms. The van der Waals surface area contributed by atoms with Crippen molar-refractivity contribution in [1.82, 2.24) is 9.55 Å². The highest BCUT2D eigenvalue weighted by Gasteiger charge is 2.26. The summed E-state index contributed by atoms with van der Waals surface area (Å²) in [5.41, 5.74) is 11.1. The first-order chi connectivity index (χ1) is 16.5. The summed E-state index contributed by atoms with van der Waals surface area (Å²) in [7, 11) is 0. The lowest BCUT2D eigenvalue weighted by molar-refractivity contribution is 0.130. The molecule has 176 valence electrons. The summed E-state index contributed by atoms with van der Waals surface area (Å²) < 4.78 is 18.6. The van der Waals surface area contributed by atoms with E-state index >= 15 is 0 Å². The molecule has 0 radical (unpaired) electrons. The molecule has 0 aliphatic heterocycles. The number of carbonyl (C=O) groups excluding carboxylic acids is 1. The van der Waals surface area contributed by atoms with Crippen LogP contribution in [0.4, 0.5) is 16.2 Å². The van der Waals surface area contributed by atoms with E-state index in [9.17, 15) is 4.79 Å². The van der Waals surface area contributed by atoms with Gasteiger partial charge in [-0.1, -0.05) is 12.1 Å². The van der Waals surface area contributed by atoms with Crippen LogP contribution >= 0.6 is 0 Å². The summed E-state index contributed by atoms with van der Waals surface area (Å²) in [5.74, 6) is 1.91. The van der Waals surface area contributed by atoms with E-state index in [1.165, 1.54) is 19.1 Å². The maximum atomic E-state index is 11.9. The number of anilines is 2. The molecule has 1 saturated carbocycles. The summed E-state index contributed by atoms with van der Waals surface area (Å²) in [5, 5.41) is 3.74. The standard InChI is InChI=1S/C26H28N4O4/c1-16(2)34-26(31)29-19-7-5-18(6-8-19)25-24(27)21-10-9-20(33-15-23-28-11-12-32-23)13-22(21)30(25)14-17-3-4-17/h5-13,16-17H,3-4,14-15,27H2,1-2H3,(H,29,31). The predicted octanol–water partition coefficient (Wildman–Crippen LogP) is 5.82. The SMILES string of the molecule is CC(C)OC(=O)Nc1ccc(-c2c(N)c3ccc(OCc4ncco4)cc3n2CC2CC2)cc1. The fraction of sp³-hybridized carbons (Fsp3) is 0.308. The van der Waals surface area contributed by atoms with Gasteiger partial charge < -0.3 is 24.2 Å². The van der Waals surface area contributed by atoms with Crippen LogP contribution in [0.2, 0.25) is 0 Å². The first-order valence-corrected chi connectivity index (χ1v) is 11.5. The molecule has 1 aliphatic rings. The van der Waals surface area contributed by atoms with Crippen LogP contribution in [0.25, 0.3) is 22.2 Å². The molecular formula is C26H28N4O4. The van der Waals surface area contributed by atoms with E-state index in [1.54, 1.807) is 6.20 Å². The van der Waals surface area contributed by atoms with Crippen LogP contribution < -0.4 is 15.8 Å². The van der Waals surface area contributed by atoms with Crippen molar-refractivity contribution in [3.8, 4) is 17.0 Å². The Morgan fingerprint density at radius 1 is 1.24 bits per heavy atom. The molecule has 8 heteroatoms. The lowest BCUT2D eigenvalue weighted by Crippen LogP contribution is -2.17. The van der Waals surface area contributed by atoms with Crippen molar-refractivity contribution in [2.24, 2.45) is 5.92 Å². The molecule has 0 bridgehead atoms. The van der Waals surface area contributed by atoms with Gasteiger partial charge in [-0.15, -0.1) is 0 Å². The summed E-state index contributed by atoms with van der Waals surface area (Å²) in [6.45, 7) is 4.79. The number of nitrogens with two attached hydrogens (primary N) is 1. The molecule has 0 unspecified atom stereocenters. The van der Waals surface area contributed by atoms with Crippen LogP contribution in [-0.4, -0.2) is 21.7 Å². The normalized spacial score (nSPS) is 13.4. The summed E-state index contributed by atoms with van der Waals surface area (Å²) in [6.07, 6.45) is 4.93. The van der Waals surface area contributed by atoms with Gasteiger partial charge in [-0.05, 0) is 56.9 Å². The van der Waals surface area contributed by atoms with Crippen molar-refractivity contribution in [3.63, 3.8) is 0 Å². The molecule has 5 rings (SSSR count). The zero-order valence-corrected chi connectivity index (χ0v) is 19.3. The molecule has 0 saturated heterocycles. The highest BCUT2D eigenvalue weighted by Crippen LogP contribution is 2.41. The Labute approximate surface area is 197 Å². The van der Waals surface area contributed by atoms with E-state index in [1.807, 2.05) is 56.3 Å². The quantitative estimate of drug-likeness (QED) is 0.343. The lowest BCUT2D eigenvalue weighted by Gasteiger charge is -2.13. The number of amides is 1. The van der Waals surface area contributed by atoms with Gasteiger partial charge in [0, 0.05) is 29.2 Å². The molecule has 2 aromatic heterocycles. The highest BCUT2D eigenvalue weighted by atomic mass is 16.6. The monoisotopic (exact) mass is 460 g/mol. The Morgan fingerprint density at radius 2 is 2.03 bits per heavy atom. The number of nitrogens with zero attached hydrogens (tertiary/aromatic N) is 2. The van der Waals surface area contributed by atoms with Gasteiger partial charge in [-0.3, -0.25) is 5.32 Å². The van der Waals surface area contributed by atoms with Gasteiger partial charge in [0.05, 0.1) is 29.2 Å². The number of nitrogen functional groups attached to an aromatic ring is 1. The molecule has 1 fully saturated rings. The van der Waals surface area contributed by atoms with Crippen molar-refractivity contribution in [2.45, 2.75) is 45.9 Å². The number of ether oxygens (including phenoxy) is 2. The van der Waals surface area contributed by atoms with E-state index in [0.29, 0.717) is 17.5 Å². The fourth-order valence-electron chi connectivity index (χ4n) is 4.05. The van der Waals surface area contributed by atoms with Crippen molar-refractivity contribution in [1.29, 1.82) is 0 Å². The zero-order chi connectivity index (χ0) is 23.7. The number of hydrogen-bond acceptors (Lipinski definition) is 6. The Bertz CT molecular complexity index is 1290. The van der Waals surface area contributed by atoms with Crippen molar-refractivity contribution >= 4 is 28.4 Å². The van der Waals surface area contributed by atoms with Gasteiger partial charge in [0.15, 0.2) is 6.61 Å². The fourth-order valence-corrected chi connectivity index (χ4v) is 4.05. The number of rotatable bonds is 8. The first kappa shape index (κ1) is 21.9. The number of carbonyl (C=O) groups is 1. The topological polar surface area (TPSA) is 105 Å². The maximum Gasteiger partial charge on any atom is 0.411 e. The van der Waals surface area contributed by atoms with E-state index in [4.69, 9.17) is 19.6 Å². The largest absolute Gasteiger partial charge is 0.484 e. The van der Waals surface area contributed by atoms with Gasteiger partial charge in [0.2, 0.25) is 5.89 Å².